The topological polar surface area (TPSA) is 54.5 Å². The van der Waals surface area contributed by atoms with Crippen LogP contribution in [-0.4, -0.2) is 21.8 Å². The lowest BCUT2D eigenvalue weighted by molar-refractivity contribution is -0.133. The van der Waals surface area contributed by atoms with E-state index in [2.05, 4.69) is 15.9 Å². The number of carbonyl (C=O) groups excluding carboxylic acids is 3. The fourth-order valence-corrected chi connectivity index (χ4v) is 5.24. The van der Waals surface area contributed by atoms with Gasteiger partial charge in [0.25, 0.3) is 11.1 Å². The number of thiophene rings is 1. The standard InChI is InChI=1S/C19H13BrFNO3S2/c20-11-7-12(26-9-11)8-15-18(24)22(19(25)27-15)16(17(23)10-5-6-10)13-3-1-2-4-14(13)21/h1-4,7-10,16H,5-6H2/b15-8-. The third-order valence-electron chi connectivity index (χ3n) is 4.39. The molecular weight excluding hydrogens is 453 g/mol. The second-order valence-electron chi connectivity index (χ2n) is 6.32. The maximum atomic E-state index is 14.4. The Bertz CT molecular complexity index is 983. The Labute approximate surface area is 171 Å². The number of imide groups is 1. The van der Waals surface area contributed by atoms with Crippen molar-refractivity contribution in [2.75, 3.05) is 0 Å². The van der Waals surface area contributed by atoms with Gasteiger partial charge in [0.05, 0.1) is 4.91 Å². The van der Waals surface area contributed by atoms with Crippen molar-refractivity contribution in [2.45, 2.75) is 18.9 Å². The summed E-state index contributed by atoms with van der Waals surface area (Å²) in [5.41, 5.74) is 0.0665. The minimum atomic E-state index is -1.22. The van der Waals surface area contributed by atoms with Gasteiger partial charge in [0.15, 0.2) is 5.78 Å². The highest BCUT2D eigenvalue weighted by Crippen LogP contribution is 2.43. The van der Waals surface area contributed by atoms with Gasteiger partial charge in [0.1, 0.15) is 11.9 Å². The molecule has 138 valence electrons. The number of halogens is 2. The molecule has 2 aliphatic rings. The Morgan fingerprint density at radius 1 is 1.30 bits per heavy atom. The van der Waals surface area contributed by atoms with Gasteiger partial charge in [-0.25, -0.2) is 4.39 Å². The van der Waals surface area contributed by atoms with Crippen LogP contribution in [0.15, 0.2) is 45.1 Å². The van der Waals surface area contributed by atoms with E-state index in [1.807, 2.05) is 11.4 Å². The summed E-state index contributed by atoms with van der Waals surface area (Å²) in [6, 6.07) is 6.43. The Morgan fingerprint density at radius 3 is 2.67 bits per heavy atom. The molecule has 27 heavy (non-hydrogen) atoms. The third-order valence-corrected chi connectivity index (χ3v) is 6.92. The summed E-state index contributed by atoms with van der Waals surface area (Å²) in [5.74, 6) is -1.65. The highest BCUT2D eigenvalue weighted by Gasteiger charge is 2.47. The quantitative estimate of drug-likeness (QED) is 0.554. The molecule has 1 aliphatic heterocycles. The summed E-state index contributed by atoms with van der Waals surface area (Å²) < 4.78 is 15.3. The minimum Gasteiger partial charge on any atom is -0.297 e. The van der Waals surface area contributed by atoms with Crippen LogP contribution < -0.4 is 0 Å². The number of amides is 2. The maximum absolute atomic E-state index is 14.4. The zero-order valence-corrected chi connectivity index (χ0v) is 17.1. The average Bonchev–Trinajstić information content (AvgIpc) is 3.36. The van der Waals surface area contributed by atoms with Crippen LogP contribution in [0, 0.1) is 11.7 Å². The van der Waals surface area contributed by atoms with Gasteiger partial charge in [-0.05, 0) is 58.7 Å². The Balaban J connectivity index is 1.72. The van der Waals surface area contributed by atoms with Gasteiger partial charge in [0, 0.05) is 26.2 Å². The van der Waals surface area contributed by atoms with Crippen LogP contribution >= 0.6 is 39.0 Å². The van der Waals surface area contributed by atoms with Crippen molar-refractivity contribution in [1.82, 2.24) is 4.90 Å². The molecular formula is C19H13BrFNO3S2. The van der Waals surface area contributed by atoms with Crippen LogP contribution in [-0.2, 0) is 9.59 Å². The predicted molar refractivity (Wildman–Crippen MR) is 107 cm³/mol. The van der Waals surface area contributed by atoms with Crippen molar-refractivity contribution >= 4 is 62.0 Å². The molecule has 1 unspecified atom stereocenters. The van der Waals surface area contributed by atoms with Crippen molar-refractivity contribution in [1.29, 1.82) is 0 Å². The first-order valence-electron chi connectivity index (χ1n) is 8.25. The van der Waals surface area contributed by atoms with Gasteiger partial charge < -0.3 is 0 Å². The van der Waals surface area contributed by atoms with E-state index in [4.69, 9.17) is 0 Å². The number of Topliss-reactive ketones (excluding diaryl/α,β-unsaturated/α-hetero) is 1. The van der Waals surface area contributed by atoms with Gasteiger partial charge in [-0.2, -0.15) is 0 Å². The fourth-order valence-electron chi connectivity index (χ4n) is 2.94. The first-order valence-corrected chi connectivity index (χ1v) is 10.7. The van der Waals surface area contributed by atoms with Crippen molar-refractivity contribution in [3.63, 3.8) is 0 Å². The number of nitrogens with zero attached hydrogens (tertiary/aromatic N) is 1. The van der Waals surface area contributed by atoms with Crippen molar-refractivity contribution in [3.05, 3.63) is 61.3 Å². The molecule has 0 radical (unpaired) electrons. The summed E-state index contributed by atoms with van der Waals surface area (Å²) in [4.78, 5) is 40.4. The van der Waals surface area contributed by atoms with E-state index in [0.717, 1.165) is 26.0 Å². The number of hydrogen-bond donors (Lipinski definition) is 0. The largest absolute Gasteiger partial charge is 0.297 e. The summed E-state index contributed by atoms with van der Waals surface area (Å²) in [6.45, 7) is 0. The zero-order chi connectivity index (χ0) is 19.1. The molecule has 0 spiro atoms. The van der Waals surface area contributed by atoms with Crippen LogP contribution in [0.4, 0.5) is 9.18 Å². The molecule has 2 aromatic rings. The fraction of sp³-hybridized carbons (Fsp3) is 0.211. The molecule has 1 saturated heterocycles. The van der Waals surface area contributed by atoms with E-state index in [1.165, 1.54) is 29.5 Å². The van der Waals surface area contributed by atoms with Crippen molar-refractivity contribution in [3.8, 4) is 0 Å². The van der Waals surface area contributed by atoms with Gasteiger partial charge >= 0.3 is 0 Å². The molecule has 2 fully saturated rings. The van der Waals surface area contributed by atoms with E-state index >= 15 is 0 Å². The maximum Gasteiger partial charge on any atom is 0.294 e. The van der Waals surface area contributed by atoms with E-state index in [9.17, 15) is 18.8 Å². The molecule has 4 rings (SSSR count). The van der Waals surface area contributed by atoms with Gasteiger partial charge in [-0.3, -0.25) is 19.3 Å². The number of hydrogen-bond acceptors (Lipinski definition) is 5. The lowest BCUT2D eigenvalue weighted by Gasteiger charge is -2.25. The summed E-state index contributed by atoms with van der Waals surface area (Å²) in [6.07, 6.45) is 3.04. The molecule has 4 nitrogen and oxygen atoms in total. The van der Waals surface area contributed by atoms with Crippen LogP contribution in [0.5, 0.6) is 0 Å². The zero-order valence-electron chi connectivity index (χ0n) is 13.9. The van der Waals surface area contributed by atoms with Crippen LogP contribution in [0.2, 0.25) is 0 Å². The molecule has 1 atom stereocenters. The number of thioether (sulfide) groups is 1. The molecule has 1 aromatic heterocycles. The third kappa shape index (κ3) is 3.66. The SMILES string of the molecule is O=C(C1CC1)C(c1ccccc1F)N1C(=O)S/C(=C\c2cc(Br)cs2)C1=O. The average molecular weight is 466 g/mol. The molecule has 2 amide bonds. The Morgan fingerprint density at radius 2 is 2.04 bits per heavy atom. The predicted octanol–water partition coefficient (Wildman–Crippen LogP) is 5.41. The molecule has 2 heterocycles. The molecule has 0 bridgehead atoms. The smallest absolute Gasteiger partial charge is 0.294 e. The molecule has 0 N–H and O–H groups in total. The van der Waals surface area contributed by atoms with Gasteiger partial charge in [0.2, 0.25) is 0 Å². The normalized spacial score (nSPS) is 19.8. The second-order valence-corrected chi connectivity index (χ2v) is 9.17. The highest BCUT2D eigenvalue weighted by atomic mass is 79.9. The number of ketones is 1. The van der Waals surface area contributed by atoms with Gasteiger partial charge in [-0.15, -0.1) is 11.3 Å². The first kappa shape index (κ1) is 18.6. The summed E-state index contributed by atoms with van der Waals surface area (Å²) in [5, 5.41) is 1.32. The molecule has 1 aliphatic carbocycles. The number of carbonyl (C=O) groups is 3. The highest BCUT2D eigenvalue weighted by molar-refractivity contribution is 9.10. The lowest BCUT2D eigenvalue weighted by atomic mass is 9.97. The van der Waals surface area contributed by atoms with Crippen molar-refractivity contribution in [2.24, 2.45) is 5.92 Å². The Kier molecular flexibility index (Phi) is 5.05. The van der Waals surface area contributed by atoms with Crippen LogP contribution in [0.25, 0.3) is 6.08 Å². The van der Waals surface area contributed by atoms with Gasteiger partial charge in [-0.1, -0.05) is 18.2 Å². The lowest BCUT2D eigenvalue weighted by Crippen LogP contribution is -2.38. The number of rotatable bonds is 5. The summed E-state index contributed by atoms with van der Waals surface area (Å²) in [7, 11) is 0. The summed E-state index contributed by atoms with van der Waals surface area (Å²) >= 11 is 5.55. The van der Waals surface area contributed by atoms with Crippen molar-refractivity contribution < 1.29 is 18.8 Å². The van der Waals surface area contributed by atoms with Crippen LogP contribution in [0.3, 0.4) is 0 Å². The monoisotopic (exact) mass is 465 g/mol. The molecule has 1 aromatic carbocycles. The number of benzene rings is 1. The van der Waals surface area contributed by atoms with Crippen LogP contribution in [0.1, 0.15) is 29.3 Å². The van der Waals surface area contributed by atoms with E-state index in [0.29, 0.717) is 12.8 Å². The molecule has 1 saturated carbocycles. The minimum absolute atomic E-state index is 0.0665. The van der Waals surface area contributed by atoms with E-state index < -0.39 is 23.0 Å². The first-order chi connectivity index (χ1) is 13.0. The van der Waals surface area contributed by atoms with E-state index in [1.54, 1.807) is 12.1 Å². The van der Waals surface area contributed by atoms with E-state index in [-0.39, 0.29) is 22.2 Å². The molecule has 8 heteroatoms. The Hall–Kier alpha value is -1.77. The second kappa shape index (κ2) is 7.33.